The minimum Gasteiger partial charge on any atom is -0.323 e. The maximum Gasteiger partial charge on any atom is 0.234 e. The zero-order valence-electron chi connectivity index (χ0n) is 15.3. The van der Waals surface area contributed by atoms with Crippen LogP contribution in [0.1, 0.15) is 34.9 Å². The highest BCUT2D eigenvalue weighted by Gasteiger charge is 2.39. The van der Waals surface area contributed by atoms with Gasteiger partial charge in [0.15, 0.2) is 0 Å². The number of amides is 1. The predicted octanol–water partition coefficient (Wildman–Crippen LogP) is 4.23. The Kier molecular flexibility index (Phi) is 5.32. The summed E-state index contributed by atoms with van der Waals surface area (Å²) in [5.74, 6) is 0.924. The van der Waals surface area contributed by atoms with Gasteiger partial charge >= 0.3 is 0 Å². The van der Waals surface area contributed by atoms with Crippen molar-refractivity contribution in [2.75, 3.05) is 18.8 Å². The number of nitrogens with zero attached hydrogens (tertiary/aromatic N) is 2. The lowest BCUT2D eigenvalue weighted by Crippen LogP contribution is -2.46. The number of carbonyl (C=O) groups is 1. The number of hydrogen-bond acceptors (Lipinski definition) is 3. The van der Waals surface area contributed by atoms with Crippen LogP contribution in [0, 0.1) is 6.92 Å². The molecule has 0 aliphatic carbocycles. The fraction of sp³-hybridized carbons (Fsp3) is 0.409. The molecule has 2 fully saturated rings. The number of hydrogen-bond donors (Lipinski definition) is 0. The molecule has 2 aliphatic heterocycles. The molecule has 0 saturated carbocycles. The molecule has 0 spiro atoms. The van der Waals surface area contributed by atoms with Crippen LogP contribution in [-0.2, 0) is 11.3 Å². The quantitative estimate of drug-likeness (QED) is 0.809. The summed E-state index contributed by atoms with van der Waals surface area (Å²) in [4.78, 5) is 17.3. The Labute approximate surface area is 160 Å². The molecule has 2 heterocycles. The first kappa shape index (κ1) is 17.6. The van der Waals surface area contributed by atoms with Crippen molar-refractivity contribution in [1.29, 1.82) is 0 Å². The van der Waals surface area contributed by atoms with Crippen LogP contribution < -0.4 is 0 Å². The van der Waals surface area contributed by atoms with Crippen molar-refractivity contribution in [3.8, 4) is 0 Å². The third-order valence-electron chi connectivity index (χ3n) is 5.56. The summed E-state index contributed by atoms with van der Waals surface area (Å²) in [5, 5.41) is 0.189. The van der Waals surface area contributed by atoms with Gasteiger partial charge in [0.2, 0.25) is 5.91 Å². The Morgan fingerprint density at radius 3 is 2.42 bits per heavy atom. The Bertz CT molecular complexity index is 756. The lowest BCUT2D eigenvalue weighted by atomic mass is 10.0. The number of carbonyl (C=O) groups excluding carboxylic acids is 1. The number of rotatable bonds is 4. The number of piperidine rings is 1. The Morgan fingerprint density at radius 1 is 1.00 bits per heavy atom. The van der Waals surface area contributed by atoms with Gasteiger partial charge in [-0.05, 0) is 36.5 Å². The first-order valence-corrected chi connectivity index (χ1v) is 10.5. The SMILES string of the molecule is Cc1ccccc1C1SCC(=O)N1C1CCN(Cc2ccccc2)CC1. The number of benzene rings is 2. The van der Waals surface area contributed by atoms with E-state index < -0.39 is 0 Å². The first-order valence-electron chi connectivity index (χ1n) is 9.47. The summed E-state index contributed by atoms with van der Waals surface area (Å²) in [6, 6.07) is 19.5. The summed E-state index contributed by atoms with van der Waals surface area (Å²) < 4.78 is 0. The van der Waals surface area contributed by atoms with E-state index >= 15 is 0 Å². The highest BCUT2D eigenvalue weighted by molar-refractivity contribution is 8.00. The van der Waals surface area contributed by atoms with Crippen LogP contribution >= 0.6 is 11.8 Å². The molecule has 1 atom stereocenters. The van der Waals surface area contributed by atoms with Crippen LogP contribution in [0.15, 0.2) is 54.6 Å². The molecule has 2 aliphatic rings. The maximum atomic E-state index is 12.6. The van der Waals surface area contributed by atoms with Crippen molar-refractivity contribution < 1.29 is 4.79 Å². The van der Waals surface area contributed by atoms with Crippen molar-refractivity contribution in [2.24, 2.45) is 0 Å². The number of likely N-dealkylation sites (tertiary alicyclic amines) is 1. The Hall–Kier alpha value is -1.78. The zero-order chi connectivity index (χ0) is 17.9. The van der Waals surface area contributed by atoms with Crippen LogP contribution in [-0.4, -0.2) is 40.6 Å². The molecule has 1 amide bonds. The van der Waals surface area contributed by atoms with Gasteiger partial charge in [0.05, 0.1) is 5.75 Å². The summed E-state index contributed by atoms with van der Waals surface area (Å²) in [5.41, 5.74) is 3.96. The van der Waals surface area contributed by atoms with Gasteiger partial charge in [0.1, 0.15) is 5.37 Å². The van der Waals surface area contributed by atoms with Crippen LogP contribution in [0.4, 0.5) is 0 Å². The van der Waals surface area contributed by atoms with Crippen molar-refractivity contribution in [2.45, 2.75) is 37.7 Å². The lowest BCUT2D eigenvalue weighted by Gasteiger charge is -2.39. The van der Waals surface area contributed by atoms with Gasteiger partial charge in [-0.15, -0.1) is 11.8 Å². The largest absolute Gasteiger partial charge is 0.323 e. The van der Waals surface area contributed by atoms with E-state index in [1.165, 1.54) is 16.7 Å². The highest BCUT2D eigenvalue weighted by atomic mass is 32.2. The van der Waals surface area contributed by atoms with Crippen LogP contribution in [0.2, 0.25) is 0 Å². The van der Waals surface area contributed by atoms with E-state index in [1.54, 1.807) is 11.8 Å². The molecule has 4 heteroatoms. The third-order valence-corrected chi connectivity index (χ3v) is 6.77. The molecule has 4 rings (SSSR count). The van der Waals surface area contributed by atoms with Crippen molar-refractivity contribution >= 4 is 17.7 Å². The molecular formula is C22H26N2OS. The standard InChI is InChI=1S/C22H26N2OS/c1-17-7-5-6-10-20(17)22-24(21(25)16-26-22)19-11-13-23(14-12-19)15-18-8-3-2-4-9-18/h2-10,19,22H,11-16H2,1H3. The van der Waals surface area contributed by atoms with E-state index in [0.717, 1.165) is 32.5 Å². The van der Waals surface area contributed by atoms with E-state index in [-0.39, 0.29) is 5.37 Å². The van der Waals surface area contributed by atoms with Crippen LogP contribution in [0.25, 0.3) is 0 Å². The van der Waals surface area contributed by atoms with Crippen molar-refractivity contribution in [3.05, 3.63) is 71.3 Å². The molecule has 0 aromatic heterocycles. The van der Waals surface area contributed by atoms with Gasteiger partial charge in [-0.25, -0.2) is 0 Å². The van der Waals surface area contributed by atoms with E-state index in [0.29, 0.717) is 17.7 Å². The topological polar surface area (TPSA) is 23.6 Å². The minimum absolute atomic E-state index is 0.189. The van der Waals surface area contributed by atoms with Gasteiger partial charge in [-0.3, -0.25) is 9.69 Å². The van der Waals surface area contributed by atoms with Crippen molar-refractivity contribution in [3.63, 3.8) is 0 Å². The van der Waals surface area contributed by atoms with Gasteiger partial charge < -0.3 is 4.90 Å². The zero-order valence-corrected chi connectivity index (χ0v) is 16.1. The van der Waals surface area contributed by atoms with Gasteiger partial charge in [-0.2, -0.15) is 0 Å². The average molecular weight is 367 g/mol. The summed E-state index contributed by atoms with van der Waals surface area (Å²) >= 11 is 1.79. The average Bonchev–Trinajstić information content (AvgIpc) is 3.05. The van der Waals surface area contributed by atoms with Crippen molar-refractivity contribution in [1.82, 2.24) is 9.80 Å². The molecule has 0 radical (unpaired) electrons. The molecule has 3 nitrogen and oxygen atoms in total. The second kappa shape index (κ2) is 7.85. The molecule has 2 aromatic carbocycles. The molecular weight excluding hydrogens is 340 g/mol. The van der Waals surface area contributed by atoms with Crippen LogP contribution in [0.3, 0.4) is 0 Å². The Morgan fingerprint density at radius 2 is 1.69 bits per heavy atom. The van der Waals surface area contributed by atoms with Gasteiger partial charge in [0.25, 0.3) is 0 Å². The third kappa shape index (κ3) is 3.67. The second-order valence-electron chi connectivity index (χ2n) is 7.31. The fourth-order valence-electron chi connectivity index (χ4n) is 4.13. The highest BCUT2D eigenvalue weighted by Crippen LogP contribution is 2.42. The monoisotopic (exact) mass is 366 g/mol. The molecule has 2 saturated heterocycles. The first-order chi connectivity index (χ1) is 12.7. The molecule has 136 valence electrons. The Balaban J connectivity index is 1.42. The van der Waals surface area contributed by atoms with Crippen LogP contribution in [0.5, 0.6) is 0 Å². The van der Waals surface area contributed by atoms with E-state index in [1.807, 2.05) is 0 Å². The molecule has 1 unspecified atom stereocenters. The predicted molar refractivity (Wildman–Crippen MR) is 108 cm³/mol. The lowest BCUT2D eigenvalue weighted by molar-refractivity contribution is -0.131. The molecule has 0 bridgehead atoms. The normalized spacial score (nSPS) is 22.1. The smallest absolute Gasteiger partial charge is 0.234 e. The minimum atomic E-state index is 0.189. The van der Waals surface area contributed by atoms with Gasteiger partial charge in [-0.1, -0.05) is 54.6 Å². The molecule has 26 heavy (non-hydrogen) atoms. The number of thioether (sulfide) groups is 1. The summed E-state index contributed by atoms with van der Waals surface area (Å²) in [6.07, 6.45) is 2.14. The summed E-state index contributed by atoms with van der Waals surface area (Å²) in [7, 11) is 0. The summed E-state index contributed by atoms with van der Waals surface area (Å²) in [6.45, 7) is 5.29. The fourth-order valence-corrected chi connectivity index (χ4v) is 5.48. The van der Waals surface area contributed by atoms with E-state index in [9.17, 15) is 4.79 Å². The second-order valence-corrected chi connectivity index (χ2v) is 8.38. The number of aryl methyl sites for hydroxylation is 1. The van der Waals surface area contributed by atoms with Gasteiger partial charge in [0, 0.05) is 25.7 Å². The van der Waals surface area contributed by atoms with E-state index in [4.69, 9.17) is 0 Å². The molecule has 0 N–H and O–H groups in total. The molecule has 2 aromatic rings. The van der Waals surface area contributed by atoms with E-state index in [2.05, 4.69) is 71.3 Å². The maximum absolute atomic E-state index is 12.6.